The summed E-state index contributed by atoms with van der Waals surface area (Å²) < 4.78 is 5.35. The lowest BCUT2D eigenvalue weighted by Crippen LogP contribution is -2.30. The van der Waals surface area contributed by atoms with E-state index in [2.05, 4.69) is 20.8 Å². The first-order valence-electron chi connectivity index (χ1n) is 7.68. The van der Waals surface area contributed by atoms with Gasteiger partial charge in [0.25, 0.3) is 0 Å². The molecule has 1 unspecified atom stereocenters. The van der Waals surface area contributed by atoms with Gasteiger partial charge >= 0.3 is 0 Å². The molecule has 3 aromatic rings. The maximum absolute atomic E-state index is 12.7. The number of hydrogen-bond acceptors (Lipinski definition) is 4. The van der Waals surface area contributed by atoms with Crippen LogP contribution in [0.1, 0.15) is 17.2 Å². The number of anilines is 1. The molecule has 0 aliphatic carbocycles. The molecule has 2 aromatic carbocycles. The molecule has 1 atom stereocenters. The molecule has 0 spiro atoms. The normalized spacial score (nSPS) is 12.1. The minimum atomic E-state index is -0.473. The number of aryl methyl sites for hydroxylation is 1. The molecule has 124 valence electrons. The minimum Gasteiger partial charge on any atom is -0.496 e. The summed E-state index contributed by atoms with van der Waals surface area (Å²) in [5.41, 5.74) is 3.54. The zero-order valence-corrected chi connectivity index (χ0v) is 13.9. The Bertz CT molecular complexity index is 872. The van der Waals surface area contributed by atoms with E-state index in [1.54, 1.807) is 20.4 Å². The average Bonchev–Trinajstić information content (AvgIpc) is 3.04. The molecule has 24 heavy (non-hydrogen) atoms. The van der Waals surface area contributed by atoms with Crippen molar-refractivity contribution in [3.8, 4) is 5.75 Å². The van der Waals surface area contributed by atoms with E-state index in [0.717, 1.165) is 33.5 Å². The van der Waals surface area contributed by atoms with Crippen molar-refractivity contribution in [2.75, 3.05) is 19.5 Å². The number of nitrogens with one attached hydrogen (secondary N) is 3. The van der Waals surface area contributed by atoms with Crippen molar-refractivity contribution >= 4 is 22.5 Å². The van der Waals surface area contributed by atoms with Gasteiger partial charge in [-0.1, -0.05) is 12.1 Å². The van der Waals surface area contributed by atoms with E-state index < -0.39 is 6.04 Å². The van der Waals surface area contributed by atoms with Crippen LogP contribution in [0.4, 0.5) is 5.69 Å². The molecule has 6 nitrogen and oxygen atoms in total. The lowest BCUT2D eigenvalue weighted by Gasteiger charge is -2.18. The molecule has 3 rings (SSSR count). The van der Waals surface area contributed by atoms with E-state index in [9.17, 15) is 4.79 Å². The van der Waals surface area contributed by atoms with Gasteiger partial charge in [-0.25, -0.2) is 0 Å². The predicted molar refractivity (Wildman–Crippen MR) is 94.3 cm³/mol. The molecule has 1 aromatic heterocycles. The number of H-pyrrole nitrogens is 1. The summed E-state index contributed by atoms with van der Waals surface area (Å²) in [6.07, 6.45) is 1.73. The highest BCUT2D eigenvalue weighted by molar-refractivity contribution is 5.97. The van der Waals surface area contributed by atoms with E-state index in [1.807, 2.05) is 43.3 Å². The van der Waals surface area contributed by atoms with Gasteiger partial charge in [0.15, 0.2) is 0 Å². The third kappa shape index (κ3) is 3.09. The number of aromatic amines is 1. The Morgan fingerprint density at radius 2 is 2.08 bits per heavy atom. The Balaban J connectivity index is 1.83. The van der Waals surface area contributed by atoms with Crippen LogP contribution in [-0.2, 0) is 4.79 Å². The van der Waals surface area contributed by atoms with Crippen LogP contribution in [0, 0.1) is 6.92 Å². The van der Waals surface area contributed by atoms with Gasteiger partial charge in [0.1, 0.15) is 11.8 Å². The van der Waals surface area contributed by atoms with E-state index in [4.69, 9.17) is 4.74 Å². The summed E-state index contributed by atoms with van der Waals surface area (Å²) >= 11 is 0. The Morgan fingerprint density at radius 3 is 2.83 bits per heavy atom. The number of ether oxygens (including phenoxy) is 1. The molecule has 0 aliphatic heterocycles. The summed E-state index contributed by atoms with van der Waals surface area (Å²) in [6, 6.07) is 10.9. The third-order valence-corrected chi connectivity index (χ3v) is 4.02. The van der Waals surface area contributed by atoms with Crippen LogP contribution in [0.25, 0.3) is 10.9 Å². The van der Waals surface area contributed by atoms with E-state index >= 15 is 0 Å². The monoisotopic (exact) mass is 324 g/mol. The van der Waals surface area contributed by atoms with Gasteiger partial charge in [-0.05, 0) is 49.4 Å². The zero-order valence-electron chi connectivity index (χ0n) is 13.9. The predicted octanol–water partition coefficient (Wildman–Crippen LogP) is 2.78. The van der Waals surface area contributed by atoms with Crippen molar-refractivity contribution < 1.29 is 9.53 Å². The second-order valence-electron chi connectivity index (χ2n) is 5.61. The van der Waals surface area contributed by atoms with Crippen molar-refractivity contribution in [3.05, 3.63) is 53.7 Å². The molecule has 1 heterocycles. The number of rotatable bonds is 5. The number of likely N-dealkylation sites (N-methyl/N-ethyl adjacent to an activating group) is 1. The van der Waals surface area contributed by atoms with Crippen LogP contribution in [0.15, 0.2) is 42.6 Å². The van der Waals surface area contributed by atoms with Crippen LogP contribution in [0.2, 0.25) is 0 Å². The van der Waals surface area contributed by atoms with Gasteiger partial charge in [-0.15, -0.1) is 0 Å². The molecule has 0 saturated carbocycles. The molecule has 0 aliphatic rings. The highest BCUT2D eigenvalue weighted by atomic mass is 16.5. The lowest BCUT2D eigenvalue weighted by molar-refractivity contribution is -0.118. The molecule has 0 bridgehead atoms. The van der Waals surface area contributed by atoms with Gasteiger partial charge in [0, 0.05) is 11.1 Å². The smallest absolute Gasteiger partial charge is 0.246 e. The lowest BCUT2D eigenvalue weighted by atomic mass is 10.0. The molecule has 6 heteroatoms. The molecule has 0 saturated heterocycles. The topological polar surface area (TPSA) is 79.0 Å². The molecule has 3 N–H and O–H groups in total. The minimum absolute atomic E-state index is 0.133. The summed E-state index contributed by atoms with van der Waals surface area (Å²) in [6.45, 7) is 1.97. The van der Waals surface area contributed by atoms with Gasteiger partial charge in [0.2, 0.25) is 5.91 Å². The number of benzene rings is 2. The fraction of sp³-hybridized carbons (Fsp3) is 0.222. The maximum Gasteiger partial charge on any atom is 0.246 e. The number of carbonyl (C=O) groups excluding carboxylic acids is 1. The first-order valence-corrected chi connectivity index (χ1v) is 7.68. The summed E-state index contributed by atoms with van der Waals surface area (Å²) in [5.74, 6) is 0.631. The van der Waals surface area contributed by atoms with Crippen molar-refractivity contribution in [3.63, 3.8) is 0 Å². The number of aromatic nitrogens is 2. The van der Waals surface area contributed by atoms with Crippen LogP contribution in [0.5, 0.6) is 5.75 Å². The van der Waals surface area contributed by atoms with Crippen LogP contribution in [0.3, 0.4) is 0 Å². The van der Waals surface area contributed by atoms with Gasteiger partial charge < -0.3 is 15.4 Å². The van der Waals surface area contributed by atoms with E-state index in [1.165, 1.54) is 0 Å². The SMILES string of the molecule is CNC(C(=O)Nc1ccc2[nH]ncc2c1)c1ccc(C)c(OC)c1. The quantitative estimate of drug-likeness (QED) is 0.674. The highest BCUT2D eigenvalue weighted by Crippen LogP contribution is 2.24. The standard InChI is InChI=1S/C18H20N4O2/c1-11-4-5-12(9-16(11)24-3)17(19-2)18(23)21-14-6-7-15-13(8-14)10-20-22-15/h4-10,17,19H,1-3H3,(H,20,22)(H,21,23). The third-order valence-electron chi connectivity index (χ3n) is 4.02. The van der Waals surface area contributed by atoms with Gasteiger partial charge in [-0.3, -0.25) is 9.89 Å². The van der Waals surface area contributed by atoms with Gasteiger partial charge in [-0.2, -0.15) is 5.10 Å². The fourth-order valence-corrected chi connectivity index (χ4v) is 2.70. The summed E-state index contributed by atoms with van der Waals surface area (Å²) in [7, 11) is 3.39. The Morgan fingerprint density at radius 1 is 1.25 bits per heavy atom. The maximum atomic E-state index is 12.7. The number of carbonyl (C=O) groups is 1. The largest absolute Gasteiger partial charge is 0.496 e. The molecule has 0 fully saturated rings. The first-order chi connectivity index (χ1) is 11.6. The molecular formula is C18H20N4O2. The van der Waals surface area contributed by atoms with Crippen molar-refractivity contribution in [2.45, 2.75) is 13.0 Å². The highest BCUT2D eigenvalue weighted by Gasteiger charge is 2.20. The molecular weight excluding hydrogens is 304 g/mol. The Kier molecular flexibility index (Phi) is 4.48. The van der Waals surface area contributed by atoms with E-state index in [0.29, 0.717) is 0 Å². The number of fused-ring (bicyclic) bond motifs is 1. The number of methoxy groups -OCH3 is 1. The number of hydrogen-bond donors (Lipinski definition) is 3. The average molecular weight is 324 g/mol. The number of amides is 1. The van der Waals surface area contributed by atoms with Crippen molar-refractivity contribution in [2.24, 2.45) is 0 Å². The first kappa shape index (κ1) is 16.0. The molecule has 0 radical (unpaired) electrons. The fourth-order valence-electron chi connectivity index (χ4n) is 2.70. The van der Waals surface area contributed by atoms with E-state index in [-0.39, 0.29) is 5.91 Å². The van der Waals surface area contributed by atoms with Crippen LogP contribution >= 0.6 is 0 Å². The summed E-state index contributed by atoms with van der Waals surface area (Å²) in [5, 5.41) is 13.8. The van der Waals surface area contributed by atoms with Crippen molar-refractivity contribution in [1.82, 2.24) is 15.5 Å². The Hall–Kier alpha value is -2.86. The van der Waals surface area contributed by atoms with Crippen LogP contribution in [-0.4, -0.2) is 30.3 Å². The summed E-state index contributed by atoms with van der Waals surface area (Å²) in [4.78, 5) is 12.7. The van der Waals surface area contributed by atoms with Crippen molar-refractivity contribution in [1.29, 1.82) is 0 Å². The second-order valence-corrected chi connectivity index (χ2v) is 5.61. The Labute approximate surface area is 140 Å². The second kappa shape index (κ2) is 6.72. The number of nitrogens with zero attached hydrogens (tertiary/aromatic N) is 1. The van der Waals surface area contributed by atoms with Gasteiger partial charge in [0.05, 0.1) is 18.8 Å². The van der Waals surface area contributed by atoms with Crippen LogP contribution < -0.4 is 15.4 Å². The molecule has 1 amide bonds. The zero-order chi connectivity index (χ0) is 17.1.